The molecular formula is C21H20FN5S. The molecule has 0 radical (unpaired) electrons. The van der Waals surface area contributed by atoms with Gasteiger partial charge in [-0.3, -0.25) is 4.90 Å². The molecule has 1 aromatic carbocycles. The molecule has 5 rings (SSSR count). The lowest BCUT2D eigenvalue weighted by Crippen LogP contribution is -2.34. The normalized spacial score (nSPS) is 18.0. The van der Waals surface area contributed by atoms with Crippen LogP contribution in [0.1, 0.15) is 29.6 Å². The molecule has 28 heavy (non-hydrogen) atoms. The Kier molecular flexibility index (Phi) is 4.62. The van der Waals surface area contributed by atoms with Crippen molar-refractivity contribution in [2.24, 2.45) is 0 Å². The molecule has 0 unspecified atom stereocenters. The number of aromatic nitrogens is 4. The maximum Gasteiger partial charge on any atom is 0.156 e. The Morgan fingerprint density at radius 3 is 3.00 bits per heavy atom. The first-order valence-corrected chi connectivity index (χ1v) is 10.4. The minimum Gasteiger partial charge on any atom is -0.296 e. The second-order valence-corrected chi connectivity index (χ2v) is 8.18. The van der Waals surface area contributed by atoms with Crippen LogP contribution in [0.4, 0.5) is 4.39 Å². The second-order valence-electron chi connectivity index (χ2n) is 7.20. The van der Waals surface area contributed by atoms with Crippen LogP contribution < -0.4 is 0 Å². The van der Waals surface area contributed by atoms with Gasteiger partial charge in [-0.2, -0.15) is 5.10 Å². The van der Waals surface area contributed by atoms with Gasteiger partial charge >= 0.3 is 0 Å². The molecule has 1 saturated heterocycles. The monoisotopic (exact) mass is 393 g/mol. The Balaban J connectivity index is 1.38. The van der Waals surface area contributed by atoms with E-state index in [1.54, 1.807) is 17.4 Å². The first-order chi connectivity index (χ1) is 13.7. The van der Waals surface area contributed by atoms with Crippen LogP contribution in [0.25, 0.3) is 16.8 Å². The van der Waals surface area contributed by atoms with Gasteiger partial charge in [0.1, 0.15) is 10.8 Å². The number of thiazole rings is 1. The van der Waals surface area contributed by atoms with E-state index < -0.39 is 0 Å². The average Bonchev–Trinajstić information content (AvgIpc) is 3.37. The minimum absolute atomic E-state index is 0.237. The van der Waals surface area contributed by atoms with Crippen LogP contribution in [-0.2, 0) is 6.54 Å². The van der Waals surface area contributed by atoms with Crippen LogP contribution in [0.15, 0.2) is 54.2 Å². The van der Waals surface area contributed by atoms with Gasteiger partial charge in [-0.15, -0.1) is 11.3 Å². The summed E-state index contributed by atoms with van der Waals surface area (Å²) >= 11 is 1.70. The van der Waals surface area contributed by atoms with Crippen molar-refractivity contribution in [3.8, 4) is 11.1 Å². The van der Waals surface area contributed by atoms with Crippen molar-refractivity contribution >= 4 is 17.0 Å². The third-order valence-corrected chi connectivity index (χ3v) is 5.98. The Bertz CT molecular complexity index is 1090. The van der Waals surface area contributed by atoms with Crippen LogP contribution in [-0.4, -0.2) is 37.6 Å². The molecule has 0 saturated carbocycles. The topological polar surface area (TPSA) is 46.3 Å². The molecule has 0 aliphatic carbocycles. The largest absolute Gasteiger partial charge is 0.296 e. The number of piperidine rings is 1. The van der Waals surface area contributed by atoms with Crippen LogP contribution in [0.5, 0.6) is 0 Å². The number of hydrogen-bond acceptors (Lipinski definition) is 5. The van der Waals surface area contributed by atoms with E-state index in [0.717, 1.165) is 60.1 Å². The smallest absolute Gasteiger partial charge is 0.156 e. The Morgan fingerprint density at radius 2 is 2.14 bits per heavy atom. The molecule has 1 aliphatic heterocycles. The van der Waals surface area contributed by atoms with E-state index in [0.29, 0.717) is 5.92 Å². The zero-order chi connectivity index (χ0) is 18.9. The number of benzene rings is 1. The van der Waals surface area contributed by atoms with E-state index in [1.165, 1.54) is 12.1 Å². The van der Waals surface area contributed by atoms with Crippen molar-refractivity contribution in [3.63, 3.8) is 0 Å². The summed E-state index contributed by atoms with van der Waals surface area (Å²) < 4.78 is 15.4. The highest BCUT2D eigenvalue weighted by Crippen LogP contribution is 2.27. The van der Waals surface area contributed by atoms with Gasteiger partial charge in [0.2, 0.25) is 0 Å². The van der Waals surface area contributed by atoms with E-state index in [9.17, 15) is 4.39 Å². The fraction of sp³-hybridized carbons (Fsp3) is 0.286. The highest BCUT2D eigenvalue weighted by Gasteiger charge is 2.25. The van der Waals surface area contributed by atoms with Crippen LogP contribution >= 0.6 is 11.3 Å². The Morgan fingerprint density at radius 1 is 1.18 bits per heavy atom. The van der Waals surface area contributed by atoms with Gasteiger partial charge in [-0.1, -0.05) is 12.1 Å². The number of likely N-dealkylation sites (tertiary alicyclic amines) is 1. The lowest BCUT2D eigenvalue weighted by atomic mass is 9.97. The molecule has 4 aromatic rings. The quantitative estimate of drug-likeness (QED) is 0.516. The summed E-state index contributed by atoms with van der Waals surface area (Å²) in [7, 11) is 0. The number of fused-ring (bicyclic) bond motifs is 1. The Labute approximate surface area is 166 Å². The van der Waals surface area contributed by atoms with Crippen molar-refractivity contribution in [2.45, 2.75) is 25.3 Å². The van der Waals surface area contributed by atoms with Gasteiger partial charge in [0, 0.05) is 35.8 Å². The molecule has 3 aromatic heterocycles. The molecule has 0 N–H and O–H groups in total. The lowest BCUT2D eigenvalue weighted by molar-refractivity contribution is 0.196. The fourth-order valence-electron chi connectivity index (χ4n) is 3.84. The van der Waals surface area contributed by atoms with E-state index in [4.69, 9.17) is 10.1 Å². The summed E-state index contributed by atoms with van der Waals surface area (Å²) in [6, 6.07) is 10.5. The average molecular weight is 393 g/mol. The van der Waals surface area contributed by atoms with E-state index in [-0.39, 0.29) is 5.82 Å². The predicted molar refractivity (Wildman–Crippen MR) is 108 cm³/mol. The molecule has 0 spiro atoms. The van der Waals surface area contributed by atoms with Gasteiger partial charge in [0.25, 0.3) is 0 Å². The van der Waals surface area contributed by atoms with Crippen LogP contribution in [0, 0.1) is 5.82 Å². The minimum atomic E-state index is -0.237. The van der Waals surface area contributed by atoms with E-state index in [1.807, 2.05) is 40.5 Å². The first-order valence-electron chi connectivity index (χ1n) is 9.47. The van der Waals surface area contributed by atoms with Crippen molar-refractivity contribution < 1.29 is 4.39 Å². The zero-order valence-electron chi connectivity index (χ0n) is 15.3. The van der Waals surface area contributed by atoms with Crippen molar-refractivity contribution in [1.82, 2.24) is 24.5 Å². The van der Waals surface area contributed by atoms with E-state index in [2.05, 4.69) is 9.88 Å². The summed E-state index contributed by atoms with van der Waals surface area (Å²) in [5, 5.41) is 7.93. The summed E-state index contributed by atoms with van der Waals surface area (Å²) in [5.41, 5.74) is 2.59. The molecule has 0 amide bonds. The third kappa shape index (κ3) is 3.55. The summed E-state index contributed by atoms with van der Waals surface area (Å²) in [6.07, 6.45) is 6.03. The zero-order valence-corrected chi connectivity index (χ0v) is 16.1. The predicted octanol–water partition coefficient (Wildman–Crippen LogP) is 4.37. The second kappa shape index (κ2) is 7.41. The summed E-state index contributed by atoms with van der Waals surface area (Å²) in [6.45, 7) is 2.94. The van der Waals surface area contributed by atoms with Gasteiger partial charge < -0.3 is 0 Å². The maximum absolute atomic E-state index is 13.5. The van der Waals surface area contributed by atoms with Gasteiger partial charge in [-0.25, -0.2) is 18.9 Å². The number of hydrogen-bond donors (Lipinski definition) is 0. The van der Waals surface area contributed by atoms with Gasteiger partial charge in [0.05, 0.1) is 6.54 Å². The van der Waals surface area contributed by atoms with Crippen molar-refractivity contribution in [2.75, 3.05) is 13.1 Å². The molecule has 4 heterocycles. The highest BCUT2D eigenvalue weighted by molar-refractivity contribution is 7.09. The third-order valence-electron chi connectivity index (χ3n) is 5.22. The first kappa shape index (κ1) is 17.5. The van der Waals surface area contributed by atoms with Crippen LogP contribution in [0.3, 0.4) is 0 Å². The van der Waals surface area contributed by atoms with Crippen molar-refractivity contribution in [3.05, 3.63) is 70.8 Å². The molecule has 142 valence electrons. The molecule has 1 atom stereocenters. The van der Waals surface area contributed by atoms with Crippen LogP contribution in [0.2, 0.25) is 0 Å². The molecular weight excluding hydrogens is 373 g/mol. The van der Waals surface area contributed by atoms with Gasteiger partial charge in [0.15, 0.2) is 11.5 Å². The number of pyridine rings is 1. The number of halogens is 1. The Hall–Kier alpha value is -2.64. The molecule has 1 aliphatic rings. The summed E-state index contributed by atoms with van der Waals surface area (Å²) in [4.78, 5) is 11.6. The molecule has 5 nitrogen and oxygen atoms in total. The summed E-state index contributed by atoms with van der Waals surface area (Å²) in [5.74, 6) is 0.978. The highest BCUT2D eigenvalue weighted by atomic mass is 32.1. The molecule has 1 fully saturated rings. The fourth-order valence-corrected chi connectivity index (χ4v) is 4.50. The van der Waals surface area contributed by atoms with Gasteiger partial charge in [-0.05, 0) is 49.2 Å². The number of nitrogens with zero attached hydrogens (tertiary/aromatic N) is 5. The lowest BCUT2D eigenvalue weighted by Gasteiger charge is -2.30. The standard InChI is InChI=1S/C21H20FN5S/c22-18-5-1-3-15(11-18)16-6-7-19-24-21(25-27(19)13-16)17-4-2-9-26(12-17)14-20-23-8-10-28-20/h1,3,5-8,10-11,13,17H,2,4,9,12,14H2/t17-/m0/s1. The SMILES string of the molecule is Fc1cccc(-c2ccc3nc([C@H]4CCCN(Cc5nccs5)C4)nn3c2)c1. The van der Waals surface area contributed by atoms with E-state index >= 15 is 0 Å². The maximum atomic E-state index is 13.5. The van der Waals surface area contributed by atoms with Crippen molar-refractivity contribution in [1.29, 1.82) is 0 Å². The molecule has 7 heteroatoms. The molecule has 0 bridgehead atoms. The number of rotatable bonds is 4.